The summed E-state index contributed by atoms with van der Waals surface area (Å²) in [6.07, 6.45) is 1.67. The van der Waals surface area contributed by atoms with Crippen LogP contribution in [-0.2, 0) is 14.8 Å². The summed E-state index contributed by atoms with van der Waals surface area (Å²) in [7, 11) is -4.30. The van der Waals surface area contributed by atoms with Gasteiger partial charge in [0.15, 0.2) is 0 Å². The average molecular weight is 557 g/mol. The van der Waals surface area contributed by atoms with Crippen molar-refractivity contribution in [2.45, 2.75) is 23.8 Å². The quantitative estimate of drug-likeness (QED) is 0.392. The highest BCUT2D eigenvalue weighted by molar-refractivity contribution is 7.93. The number of piperidine rings is 1. The molecule has 0 aliphatic carbocycles. The first kappa shape index (κ1) is 28.8. The summed E-state index contributed by atoms with van der Waals surface area (Å²) in [4.78, 5) is 37.8. The molecule has 1 saturated heterocycles. The number of amides is 3. The Morgan fingerprint density at radius 3 is 2.00 bits per heavy atom. The molecule has 38 heavy (non-hydrogen) atoms. The number of rotatable bonds is 8. The minimum atomic E-state index is -4.30. The summed E-state index contributed by atoms with van der Waals surface area (Å²) in [6, 6.07) is 21.5. The predicted octanol–water partition coefficient (Wildman–Crippen LogP) is 2.74. The van der Waals surface area contributed by atoms with Crippen LogP contribution in [0.15, 0.2) is 89.8 Å². The molecular formula is C27H29ClN4O5S. The van der Waals surface area contributed by atoms with E-state index in [0.717, 1.165) is 30.2 Å². The van der Waals surface area contributed by atoms with Crippen molar-refractivity contribution >= 4 is 45.8 Å². The van der Waals surface area contributed by atoms with Gasteiger partial charge < -0.3 is 16.0 Å². The number of nitrogens with zero attached hydrogens (tertiary/aromatic N) is 1. The Hall–Kier alpha value is -3.73. The van der Waals surface area contributed by atoms with Crippen molar-refractivity contribution < 1.29 is 22.8 Å². The second-order valence-corrected chi connectivity index (χ2v) is 10.4. The van der Waals surface area contributed by atoms with Gasteiger partial charge >= 0.3 is 0 Å². The van der Waals surface area contributed by atoms with Crippen LogP contribution in [0.25, 0.3) is 0 Å². The molecule has 3 aromatic rings. The van der Waals surface area contributed by atoms with Gasteiger partial charge in [0, 0.05) is 17.2 Å². The summed E-state index contributed by atoms with van der Waals surface area (Å²) in [6.45, 7) is 1.49. The number of sulfonamides is 1. The van der Waals surface area contributed by atoms with Gasteiger partial charge in [0.1, 0.15) is 0 Å². The summed E-state index contributed by atoms with van der Waals surface area (Å²) < 4.78 is 27.9. The van der Waals surface area contributed by atoms with Gasteiger partial charge in [-0.05, 0) is 74.5 Å². The number of anilines is 1. The first-order chi connectivity index (χ1) is 17.9. The van der Waals surface area contributed by atoms with Gasteiger partial charge in [-0.3, -0.25) is 14.4 Å². The van der Waals surface area contributed by atoms with Gasteiger partial charge in [-0.15, -0.1) is 12.4 Å². The molecule has 1 aliphatic heterocycles. The maximum absolute atomic E-state index is 13.6. The zero-order valence-corrected chi connectivity index (χ0v) is 22.1. The van der Waals surface area contributed by atoms with Crippen LogP contribution >= 0.6 is 12.4 Å². The van der Waals surface area contributed by atoms with Crippen molar-refractivity contribution in [2.24, 2.45) is 0 Å². The molecule has 11 heteroatoms. The lowest BCUT2D eigenvalue weighted by Gasteiger charge is -2.23. The average Bonchev–Trinajstić information content (AvgIpc) is 2.93. The normalized spacial score (nSPS) is 13.6. The third-order valence-electron chi connectivity index (χ3n) is 5.96. The second kappa shape index (κ2) is 13.2. The van der Waals surface area contributed by atoms with E-state index in [1.54, 1.807) is 48.5 Å². The minimum absolute atomic E-state index is 0. The van der Waals surface area contributed by atoms with Gasteiger partial charge in [0.05, 0.1) is 17.1 Å². The van der Waals surface area contributed by atoms with E-state index in [-0.39, 0.29) is 52.6 Å². The van der Waals surface area contributed by atoms with Crippen molar-refractivity contribution in [2.75, 3.05) is 23.9 Å². The Morgan fingerprint density at radius 2 is 1.39 bits per heavy atom. The molecular weight excluding hydrogens is 528 g/mol. The molecule has 1 fully saturated rings. The molecule has 3 aromatic carbocycles. The molecule has 3 amide bonds. The van der Waals surface area contributed by atoms with E-state index >= 15 is 0 Å². The highest BCUT2D eigenvalue weighted by Gasteiger charge is 2.32. The summed E-state index contributed by atoms with van der Waals surface area (Å²) in [5.74, 6) is -1.49. The maximum Gasteiger partial charge on any atom is 0.272 e. The van der Waals surface area contributed by atoms with Crippen LogP contribution in [-0.4, -0.2) is 51.8 Å². The van der Waals surface area contributed by atoms with E-state index in [0.29, 0.717) is 0 Å². The van der Waals surface area contributed by atoms with Crippen LogP contribution in [0.5, 0.6) is 0 Å². The van der Waals surface area contributed by atoms with E-state index in [1.807, 2.05) is 0 Å². The number of carbonyl (C=O) groups excluding carboxylic acids is 3. The Morgan fingerprint density at radius 1 is 0.816 bits per heavy atom. The summed E-state index contributed by atoms with van der Waals surface area (Å²) in [5.41, 5.74) is 0.598. The lowest BCUT2D eigenvalue weighted by molar-refractivity contribution is -0.121. The first-order valence-corrected chi connectivity index (χ1v) is 13.4. The molecule has 0 bridgehead atoms. The van der Waals surface area contributed by atoms with Crippen molar-refractivity contribution in [3.8, 4) is 0 Å². The van der Waals surface area contributed by atoms with E-state index in [4.69, 9.17) is 0 Å². The van der Waals surface area contributed by atoms with Crippen molar-refractivity contribution in [3.63, 3.8) is 0 Å². The van der Waals surface area contributed by atoms with Gasteiger partial charge in [-0.25, -0.2) is 8.42 Å². The molecule has 0 unspecified atom stereocenters. The second-order valence-electron chi connectivity index (χ2n) is 8.58. The Labute approximate surface area is 228 Å². The monoisotopic (exact) mass is 556 g/mol. The van der Waals surface area contributed by atoms with Gasteiger partial charge in [0.2, 0.25) is 5.91 Å². The van der Waals surface area contributed by atoms with Gasteiger partial charge in [0.25, 0.3) is 21.8 Å². The third-order valence-corrected chi connectivity index (χ3v) is 7.69. The largest absolute Gasteiger partial charge is 0.352 e. The van der Waals surface area contributed by atoms with Gasteiger partial charge in [-0.2, -0.15) is 4.31 Å². The molecule has 0 atom stereocenters. The van der Waals surface area contributed by atoms with Crippen LogP contribution in [0, 0.1) is 0 Å². The lowest BCUT2D eigenvalue weighted by Crippen LogP contribution is -2.46. The molecule has 0 saturated carbocycles. The fourth-order valence-corrected chi connectivity index (χ4v) is 5.43. The van der Waals surface area contributed by atoms with Crippen LogP contribution in [0.2, 0.25) is 0 Å². The van der Waals surface area contributed by atoms with E-state index in [1.165, 1.54) is 36.4 Å². The Balaban J connectivity index is 0.00000400. The van der Waals surface area contributed by atoms with E-state index < -0.39 is 21.8 Å². The molecule has 3 N–H and O–H groups in total. The zero-order chi connectivity index (χ0) is 26.3. The third kappa shape index (κ3) is 6.97. The molecule has 1 heterocycles. The fourth-order valence-electron chi connectivity index (χ4n) is 4.02. The summed E-state index contributed by atoms with van der Waals surface area (Å²) >= 11 is 0. The molecule has 200 valence electrons. The number of carbonyl (C=O) groups is 3. The van der Waals surface area contributed by atoms with Crippen molar-refractivity contribution in [3.05, 3.63) is 96.1 Å². The molecule has 4 rings (SSSR count). The van der Waals surface area contributed by atoms with Crippen molar-refractivity contribution in [1.82, 2.24) is 16.0 Å². The first-order valence-electron chi connectivity index (χ1n) is 11.9. The number of hydrogen-bond acceptors (Lipinski definition) is 6. The van der Waals surface area contributed by atoms with Gasteiger partial charge in [-0.1, -0.05) is 36.4 Å². The minimum Gasteiger partial charge on any atom is -0.352 e. The molecule has 0 aromatic heterocycles. The van der Waals surface area contributed by atoms with Crippen LogP contribution in [0.3, 0.4) is 0 Å². The standard InChI is InChI=1S/C27H28N4O5S.ClH/c32-25(30-22-15-17-28-18-16-22)19-29-26(33)20-11-13-24(14-12-20)37(35,36)31(23-9-5-2-6-10-23)27(34)21-7-3-1-4-8-21;/h1-14,22,28H,15-19H2,(H,29,33)(H,30,32);1H. The molecule has 0 spiro atoms. The van der Waals surface area contributed by atoms with E-state index in [9.17, 15) is 22.8 Å². The van der Waals surface area contributed by atoms with Crippen LogP contribution < -0.4 is 20.3 Å². The fraction of sp³-hybridized carbons (Fsp3) is 0.222. The highest BCUT2D eigenvalue weighted by Crippen LogP contribution is 2.26. The number of hydrogen-bond donors (Lipinski definition) is 3. The SMILES string of the molecule is Cl.O=C(CNC(=O)c1ccc(S(=O)(=O)N(C(=O)c2ccccc2)c2ccccc2)cc1)NC1CCNCC1. The topological polar surface area (TPSA) is 125 Å². The van der Waals surface area contributed by atoms with E-state index in [2.05, 4.69) is 16.0 Å². The predicted molar refractivity (Wildman–Crippen MR) is 147 cm³/mol. The summed E-state index contributed by atoms with van der Waals surface area (Å²) in [5, 5.41) is 8.67. The number of benzene rings is 3. The molecule has 1 aliphatic rings. The lowest BCUT2D eigenvalue weighted by atomic mass is 10.1. The maximum atomic E-state index is 13.6. The number of nitrogens with one attached hydrogen (secondary N) is 3. The Bertz CT molecular complexity index is 1350. The Kier molecular flexibility index (Phi) is 10.0. The smallest absolute Gasteiger partial charge is 0.272 e. The zero-order valence-electron chi connectivity index (χ0n) is 20.5. The van der Waals surface area contributed by atoms with Crippen molar-refractivity contribution in [1.29, 1.82) is 0 Å². The van der Waals surface area contributed by atoms with Crippen LogP contribution in [0.1, 0.15) is 33.6 Å². The molecule has 0 radical (unpaired) electrons. The van der Waals surface area contributed by atoms with Crippen LogP contribution in [0.4, 0.5) is 5.69 Å². The number of para-hydroxylation sites is 1. The highest BCUT2D eigenvalue weighted by atomic mass is 35.5. The molecule has 9 nitrogen and oxygen atoms in total. The number of halogens is 1.